The third-order valence-corrected chi connectivity index (χ3v) is 2.83. The van der Waals surface area contributed by atoms with Crippen molar-refractivity contribution in [2.75, 3.05) is 0 Å². The molecule has 0 fully saturated rings. The Labute approximate surface area is 96.8 Å². The van der Waals surface area contributed by atoms with Gasteiger partial charge in [-0.15, -0.1) is 0 Å². The molecule has 0 amide bonds. The zero-order valence-corrected chi connectivity index (χ0v) is 10.5. The predicted molar refractivity (Wildman–Crippen MR) is 61.6 cm³/mol. The van der Waals surface area contributed by atoms with Crippen molar-refractivity contribution in [1.82, 2.24) is 0 Å². The van der Waals surface area contributed by atoms with Crippen LogP contribution in [0.5, 0.6) is 0 Å². The molecule has 0 spiro atoms. The van der Waals surface area contributed by atoms with Crippen LogP contribution in [0.15, 0.2) is 11.6 Å². The maximum Gasteiger partial charge on any atom is 0.347 e. The van der Waals surface area contributed by atoms with Gasteiger partial charge >= 0.3 is 5.97 Å². The molecule has 0 heterocycles. The molecule has 0 bridgehead atoms. The molecule has 5 heteroatoms. The number of rotatable bonds is 2. The van der Waals surface area contributed by atoms with E-state index in [-0.39, 0.29) is 11.5 Å². The van der Waals surface area contributed by atoms with E-state index < -0.39 is 16.3 Å². The number of ether oxygens (including phenoxy) is 1. The molecule has 0 aromatic rings. The SMILES string of the molecule is CC1=CC(OC(=O)C=S(=O)=O)CC(C)(C)C1. The number of esters is 1. The van der Waals surface area contributed by atoms with Crippen molar-refractivity contribution in [3.63, 3.8) is 0 Å². The molecule has 16 heavy (non-hydrogen) atoms. The molecule has 0 aliphatic heterocycles. The van der Waals surface area contributed by atoms with Crippen LogP contribution in [0.3, 0.4) is 0 Å². The Bertz CT molecular complexity index is 435. The lowest BCUT2D eigenvalue weighted by Crippen LogP contribution is -2.28. The van der Waals surface area contributed by atoms with Gasteiger partial charge < -0.3 is 4.74 Å². The fraction of sp³-hybridized carbons (Fsp3) is 0.636. The highest BCUT2D eigenvalue weighted by Gasteiger charge is 2.28. The molecule has 0 N–H and O–H groups in total. The number of carbonyl (C=O) groups is 1. The maximum atomic E-state index is 11.1. The lowest BCUT2D eigenvalue weighted by Gasteiger charge is -2.33. The first kappa shape index (κ1) is 13.0. The second-order valence-electron chi connectivity index (χ2n) is 4.91. The number of hydrogen-bond acceptors (Lipinski definition) is 4. The van der Waals surface area contributed by atoms with Crippen molar-refractivity contribution in [2.24, 2.45) is 5.41 Å². The van der Waals surface area contributed by atoms with Crippen LogP contribution in [0.1, 0.15) is 33.6 Å². The molecule has 0 aromatic heterocycles. The Morgan fingerprint density at radius 3 is 2.69 bits per heavy atom. The van der Waals surface area contributed by atoms with Gasteiger partial charge in [-0.1, -0.05) is 19.4 Å². The monoisotopic (exact) mass is 244 g/mol. The second-order valence-corrected chi connectivity index (χ2v) is 5.67. The minimum Gasteiger partial charge on any atom is -0.454 e. The van der Waals surface area contributed by atoms with E-state index in [9.17, 15) is 13.2 Å². The highest BCUT2D eigenvalue weighted by atomic mass is 32.2. The summed E-state index contributed by atoms with van der Waals surface area (Å²) in [5.41, 5.74) is 1.25. The molecule has 4 nitrogen and oxygen atoms in total. The summed E-state index contributed by atoms with van der Waals surface area (Å²) in [6.07, 6.45) is 3.24. The Kier molecular flexibility index (Phi) is 3.91. The summed E-state index contributed by atoms with van der Waals surface area (Å²) in [7, 11) is -2.50. The van der Waals surface area contributed by atoms with Crippen molar-refractivity contribution >= 4 is 21.6 Å². The standard InChI is InChI=1S/C11H16O4S/c1-8-4-9(6-11(2,3)5-8)15-10(12)7-16(13)14/h4,7,9H,5-6H2,1-3H3. The van der Waals surface area contributed by atoms with E-state index in [2.05, 4.69) is 13.8 Å². The molecular weight excluding hydrogens is 228 g/mol. The van der Waals surface area contributed by atoms with Gasteiger partial charge in [0.25, 0.3) is 0 Å². The third kappa shape index (κ3) is 4.18. The summed E-state index contributed by atoms with van der Waals surface area (Å²) in [6.45, 7) is 6.18. The predicted octanol–water partition coefficient (Wildman–Crippen LogP) is 1.35. The van der Waals surface area contributed by atoms with Crippen LogP contribution in [0, 0.1) is 5.41 Å². The van der Waals surface area contributed by atoms with Crippen molar-refractivity contribution in [3.8, 4) is 0 Å². The molecule has 1 rings (SSSR count). The van der Waals surface area contributed by atoms with Gasteiger partial charge in [0.05, 0.1) is 0 Å². The van der Waals surface area contributed by atoms with Crippen LogP contribution in [-0.4, -0.2) is 25.9 Å². The maximum absolute atomic E-state index is 11.1. The molecule has 0 radical (unpaired) electrons. The molecule has 1 aliphatic carbocycles. The Hall–Kier alpha value is -1.10. The minimum absolute atomic E-state index is 0.0837. The molecule has 1 unspecified atom stereocenters. The number of allylic oxidation sites excluding steroid dienone is 1. The average Bonchev–Trinajstić information content (AvgIpc) is 1.95. The van der Waals surface area contributed by atoms with Crippen LogP contribution in [0.4, 0.5) is 0 Å². The molecular formula is C11H16O4S. The van der Waals surface area contributed by atoms with Crippen LogP contribution in [0.2, 0.25) is 0 Å². The highest BCUT2D eigenvalue weighted by Crippen LogP contribution is 2.36. The first-order chi connectivity index (χ1) is 7.28. The van der Waals surface area contributed by atoms with Crippen LogP contribution in [-0.2, 0) is 19.8 Å². The minimum atomic E-state index is -2.50. The van der Waals surface area contributed by atoms with Gasteiger partial charge in [0.1, 0.15) is 11.5 Å². The van der Waals surface area contributed by atoms with Gasteiger partial charge in [0.2, 0.25) is 10.3 Å². The van der Waals surface area contributed by atoms with E-state index in [1.807, 2.05) is 13.0 Å². The summed E-state index contributed by atoms with van der Waals surface area (Å²) in [6, 6.07) is 0. The van der Waals surface area contributed by atoms with Gasteiger partial charge in [-0.2, -0.15) is 8.42 Å². The van der Waals surface area contributed by atoms with Crippen LogP contribution < -0.4 is 0 Å². The summed E-state index contributed by atoms with van der Waals surface area (Å²) in [4.78, 5) is 11.1. The number of hydrogen-bond donors (Lipinski definition) is 0. The highest BCUT2D eigenvalue weighted by molar-refractivity contribution is 7.73. The van der Waals surface area contributed by atoms with Crippen LogP contribution >= 0.6 is 0 Å². The summed E-state index contributed by atoms with van der Waals surface area (Å²) in [5.74, 6) is -0.805. The van der Waals surface area contributed by atoms with Gasteiger partial charge in [-0.25, -0.2) is 4.79 Å². The van der Waals surface area contributed by atoms with E-state index in [4.69, 9.17) is 4.74 Å². The zero-order valence-electron chi connectivity index (χ0n) is 9.69. The van der Waals surface area contributed by atoms with E-state index in [1.165, 1.54) is 0 Å². The van der Waals surface area contributed by atoms with Crippen molar-refractivity contribution in [1.29, 1.82) is 0 Å². The summed E-state index contributed by atoms with van der Waals surface area (Å²) in [5, 5.41) is 0.546. The van der Waals surface area contributed by atoms with E-state index in [0.29, 0.717) is 5.37 Å². The Balaban J connectivity index is 2.72. The van der Waals surface area contributed by atoms with E-state index in [1.54, 1.807) is 0 Å². The van der Waals surface area contributed by atoms with Crippen molar-refractivity contribution in [3.05, 3.63) is 11.6 Å². The quantitative estimate of drug-likeness (QED) is 0.418. The van der Waals surface area contributed by atoms with Crippen molar-refractivity contribution < 1.29 is 17.9 Å². The zero-order chi connectivity index (χ0) is 12.3. The molecule has 0 saturated carbocycles. The van der Waals surface area contributed by atoms with Crippen LogP contribution in [0.25, 0.3) is 0 Å². The summed E-state index contributed by atoms with van der Waals surface area (Å²) < 4.78 is 25.6. The fourth-order valence-electron chi connectivity index (χ4n) is 2.14. The molecule has 0 aromatic carbocycles. The second kappa shape index (κ2) is 4.82. The molecule has 90 valence electrons. The normalized spacial score (nSPS) is 23.2. The Morgan fingerprint density at radius 2 is 2.19 bits per heavy atom. The van der Waals surface area contributed by atoms with Gasteiger partial charge in [0, 0.05) is 0 Å². The third-order valence-electron chi connectivity index (χ3n) is 2.44. The topological polar surface area (TPSA) is 60.4 Å². The lowest BCUT2D eigenvalue weighted by atomic mass is 9.76. The fourth-order valence-corrected chi connectivity index (χ4v) is 2.35. The van der Waals surface area contributed by atoms with E-state index in [0.717, 1.165) is 18.4 Å². The van der Waals surface area contributed by atoms with Crippen molar-refractivity contribution in [2.45, 2.75) is 39.7 Å². The molecule has 1 atom stereocenters. The largest absolute Gasteiger partial charge is 0.454 e. The van der Waals surface area contributed by atoms with Gasteiger partial charge in [-0.3, -0.25) is 0 Å². The first-order valence-corrected chi connectivity index (χ1v) is 6.23. The van der Waals surface area contributed by atoms with Gasteiger partial charge in [0.15, 0.2) is 0 Å². The molecule has 0 saturated heterocycles. The smallest absolute Gasteiger partial charge is 0.347 e. The first-order valence-electron chi connectivity index (χ1n) is 5.09. The number of carbonyl (C=O) groups excluding carboxylic acids is 1. The van der Waals surface area contributed by atoms with Gasteiger partial charge in [-0.05, 0) is 31.3 Å². The van der Waals surface area contributed by atoms with E-state index >= 15 is 0 Å². The lowest BCUT2D eigenvalue weighted by molar-refractivity contribution is -0.139. The summed E-state index contributed by atoms with van der Waals surface area (Å²) >= 11 is 0. The molecule has 1 aliphatic rings. The average molecular weight is 244 g/mol. The Morgan fingerprint density at radius 1 is 1.56 bits per heavy atom.